The van der Waals surface area contributed by atoms with Gasteiger partial charge in [0.2, 0.25) is 0 Å². The molecule has 1 aliphatic carbocycles. The molecule has 0 aliphatic heterocycles. The van der Waals surface area contributed by atoms with Crippen molar-refractivity contribution < 1.29 is 23.0 Å². The normalized spacial score (nSPS) is 20.8. The molecule has 0 bridgehead atoms. The van der Waals surface area contributed by atoms with Gasteiger partial charge >= 0.3 is 12.7 Å². The maximum absolute atomic E-state index is 12.3. The van der Waals surface area contributed by atoms with Crippen molar-refractivity contribution >= 4 is 11.8 Å². The summed E-state index contributed by atoms with van der Waals surface area (Å²) < 4.78 is 34.1. The fourth-order valence-electron chi connectivity index (χ4n) is 2.72. The molecular formula is C17H24F2N2O3. The lowest BCUT2D eigenvalue weighted by atomic mass is 10.2. The first kappa shape index (κ1) is 18.3. The van der Waals surface area contributed by atoms with Crippen LogP contribution in [0.25, 0.3) is 0 Å². The number of amides is 1. The van der Waals surface area contributed by atoms with Crippen LogP contribution in [0.15, 0.2) is 24.3 Å². The van der Waals surface area contributed by atoms with Crippen molar-refractivity contribution in [2.24, 2.45) is 0 Å². The average molecular weight is 342 g/mol. The van der Waals surface area contributed by atoms with E-state index in [2.05, 4.69) is 15.4 Å². The molecule has 5 nitrogen and oxygen atoms in total. The second kappa shape index (κ2) is 7.68. The maximum atomic E-state index is 12.3. The van der Waals surface area contributed by atoms with Crippen molar-refractivity contribution in [3.8, 4) is 5.75 Å². The van der Waals surface area contributed by atoms with Gasteiger partial charge in [0.15, 0.2) is 0 Å². The standard InChI is InChI=1S/C17H24F2N2O3/c1-17(2,3)24-16(22)21-13-8-7-12(9-13)20-11-5-4-6-14(10-11)23-15(18)19/h4-6,10,12-13,15,20H,7-9H2,1-3H3,(H,21,22). The molecule has 2 atom stereocenters. The monoisotopic (exact) mass is 342 g/mol. The van der Waals surface area contributed by atoms with Gasteiger partial charge in [-0.15, -0.1) is 0 Å². The third-order valence-corrected chi connectivity index (χ3v) is 3.58. The molecule has 0 spiro atoms. The lowest BCUT2D eigenvalue weighted by Crippen LogP contribution is -2.38. The molecule has 1 aromatic carbocycles. The van der Waals surface area contributed by atoms with E-state index in [1.165, 1.54) is 6.07 Å². The quantitative estimate of drug-likeness (QED) is 0.844. The van der Waals surface area contributed by atoms with Crippen molar-refractivity contribution in [3.05, 3.63) is 24.3 Å². The van der Waals surface area contributed by atoms with E-state index >= 15 is 0 Å². The SMILES string of the molecule is CC(C)(C)OC(=O)NC1CCC(Nc2cccc(OC(F)F)c2)C1. The Morgan fingerprint density at radius 3 is 2.62 bits per heavy atom. The van der Waals surface area contributed by atoms with Crippen LogP contribution in [0.4, 0.5) is 19.3 Å². The Kier molecular flexibility index (Phi) is 5.85. The van der Waals surface area contributed by atoms with E-state index in [1.54, 1.807) is 18.2 Å². The van der Waals surface area contributed by atoms with Crippen LogP contribution in [0.2, 0.25) is 0 Å². The summed E-state index contributed by atoms with van der Waals surface area (Å²) in [6, 6.07) is 6.68. The molecule has 0 aromatic heterocycles. The minimum Gasteiger partial charge on any atom is -0.444 e. The highest BCUT2D eigenvalue weighted by molar-refractivity contribution is 5.68. The predicted molar refractivity (Wildman–Crippen MR) is 87.5 cm³/mol. The lowest BCUT2D eigenvalue weighted by Gasteiger charge is -2.22. The summed E-state index contributed by atoms with van der Waals surface area (Å²) in [5.74, 6) is 0.122. The Morgan fingerprint density at radius 2 is 1.96 bits per heavy atom. The molecule has 2 N–H and O–H groups in total. The molecule has 2 unspecified atom stereocenters. The van der Waals surface area contributed by atoms with Gasteiger partial charge in [-0.05, 0) is 52.2 Å². The number of hydrogen-bond acceptors (Lipinski definition) is 4. The zero-order valence-corrected chi connectivity index (χ0v) is 14.1. The van der Waals surface area contributed by atoms with E-state index in [4.69, 9.17) is 4.74 Å². The van der Waals surface area contributed by atoms with E-state index in [-0.39, 0.29) is 17.8 Å². The Bertz CT molecular complexity index is 561. The van der Waals surface area contributed by atoms with E-state index in [0.29, 0.717) is 0 Å². The van der Waals surface area contributed by atoms with Crippen molar-refractivity contribution in [3.63, 3.8) is 0 Å². The highest BCUT2D eigenvalue weighted by Crippen LogP contribution is 2.26. The van der Waals surface area contributed by atoms with Crippen LogP contribution < -0.4 is 15.4 Å². The number of benzene rings is 1. The second-order valence-corrected chi connectivity index (χ2v) is 6.90. The molecule has 1 fully saturated rings. The maximum Gasteiger partial charge on any atom is 0.407 e. The van der Waals surface area contributed by atoms with Gasteiger partial charge in [0, 0.05) is 23.8 Å². The molecular weight excluding hydrogens is 318 g/mol. The molecule has 0 radical (unpaired) electrons. The average Bonchev–Trinajstić information content (AvgIpc) is 2.83. The van der Waals surface area contributed by atoms with Crippen LogP contribution in [0.5, 0.6) is 5.75 Å². The second-order valence-electron chi connectivity index (χ2n) is 6.90. The van der Waals surface area contributed by atoms with Crippen molar-refractivity contribution in [1.82, 2.24) is 5.32 Å². The fraction of sp³-hybridized carbons (Fsp3) is 0.588. The Morgan fingerprint density at radius 1 is 1.25 bits per heavy atom. The van der Waals surface area contributed by atoms with Gasteiger partial charge in [-0.1, -0.05) is 6.07 Å². The Balaban J connectivity index is 1.82. The fourth-order valence-corrected chi connectivity index (χ4v) is 2.72. The van der Waals surface area contributed by atoms with E-state index in [9.17, 15) is 13.6 Å². The van der Waals surface area contributed by atoms with Crippen LogP contribution in [0, 0.1) is 0 Å². The number of alkyl halides is 2. The molecule has 1 amide bonds. The molecule has 0 heterocycles. The molecule has 134 valence electrons. The Hall–Kier alpha value is -2.05. The molecule has 7 heteroatoms. The number of ether oxygens (including phenoxy) is 2. The summed E-state index contributed by atoms with van der Waals surface area (Å²) in [5, 5.41) is 6.15. The predicted octanol–water partition coefficient (Wildman–Crippen LogP) is 4.15. The van der Waals surface area contributed by atoms with Gasteiger partial charge in [-0.25, -0.2) is 4.79 Å². The number of carbonyl (C=O) groups excluding carboxylic acids is 1. The number of anilines is 1. The summed E-state index contributed by atoms with van der Waals surface area (Å²) in [4.78, 5) is 11.8. The first-order chi connectivity index (χ1) is 11.2. The molecule has 24 heavy (non-hydrogen) atoms. The first-order valence-corrected chi connectivity index (χ1v) is 8.02. The number of halogens is 2. The van der Waals surface area contributed by atoms with Gasteiger partial charge in [-0.2, -0.15) is 8.78 Å². The van der Waals surface area contributed by atoms with Gasteiger partial charge in [0.1, 0.15) is 11.4 Å². The summed E-state index contributed by atoms with van der Waals surface area (Å²) in [5.41, 5.74) is 0.196. The molecule has 2 rings (SSSR count). The summed E-state index contributed by atoms with van der Waals surface area (Å²) in [6.45, 7) is 2.62. The van der Waals surface area contributed by atoms with E-state index in [0.717, 1.165) is 24.9 Å². The van der Waals surface area contributed by atoms with Crippen LogP contribution in [-0.4, -0.2) is 30.4 Å². The number of rotatable bonds is 5. The summed E-state index contributed by atoms with van der Waals surface area (Å²) in [7, 11) is 0. The third kappa shape index (κ3) is 6.22. The van der Waals surface area contributed by atoms with E-state index < -0.39 is 18.3 Å². The van der Waals surface area contributed by atoms with Gasteiger partial charge in [-0.3, -0.25) is 0 Å². The zero-order chi connectivity index (χ0) is 17.7. The molecule has 1 aromatic rings. The number of alkyl carbamates (subject to hydrolysis) is 1. The van der Waals surface area contributed by atoms with Crippen molar-refractivity contribution in [2.45, 2.75) is 64.3 Å². The minimum absolute atomic E-state index is 0.0397. The zero-order valence-electron chi connectivity index (χ0n) is 14.1. The number of carbonyl (C=O) groups is 1. The highest BCUT2D eigenvalue weighted by atomic mass is 19.3. The van der Waals surface area contributed by atoms with Crippen LogP contribution >= 0.6 is 0 Å². The lowest BCUT2D eigenvalue weighted by molar-refractivity contribution is -0.0498. The van der Waals surface area contributed by atoms with Crippen molar-refractivity contribution in [1.29, 1.82) is 0 Å². The van der Waals surface area contributed by atoms with Gasteiger partial charge < -0.3 is 20.1 Å². The van der Waals surface area contributed by atoms with Crippen LogP contribution in [0.1, 0.15) is 40.0 Å². The number of hydrogen-bond donors (Lipinski definition) is 2. The minimum atomic E-state index is -2.84. The number of nitrogens with one attached hydrogen (secondary N) is 2. The summed E-state index contributed by atoms with van der Waals surface area (Å²) >= 11 is 0. The molecule has 1 aliphatic rings. The topological polar surface area (TPSA) is 59.6 Å². The smallest absolute Gasteiger partial charge is 0.407 e. The molecule has 1 saturated carbocycles. The molecule has 0 saturated heterocycles. The van der Waals surface area contributed by atoms with Gasteiger partial charge in [0.05, 0.1) is 0 Å². The Labute approximate surface area is 140 Å². The third-order valence-electron chi connectivity index (χ3n) is 3.58. The first-order valence-electron chi connectivity index (χ1n) is 8.02. The van der Waals surface area contributed by atoms with Crippen LogP contribution in [0.3, 0.4) is 0 Å². The summed E-state index contributed by atoms with van der Waals surface area (Å²) in [6.07, 6.45) is 2.05. The van der Waals surface area contributed by atoms with E-state index in [1.807, 2.05) is 20.8 Å². The highest BCUT2D eigenvalue weighted by Gasteiger charge is 2.27. The largest absolute Gasteiger partial charge is 0.444 e. The van der Waals surface area contributed by atoms with Gasteiger partial charge in [0.25, 0.3) is 0 Å². The van der Waals surface area contributed by atoms with Crippen molar-refractivity contribution in [2.75, 3.05) is 5.32 Å². The van der Waals surface area contributed by atoms with Crippen LogP contribution in [-0.2, 0) is 4.74 Å².